The van der Waals surface area contributed by atoms with E-state index in [0.29, 0.717) is 11.3 Å². The molecule has 0 radical (unpaired) electrons. The highest BCUT2D eigenvalue weighted by molar-refractivity contribution is 5.97. The molecule has 0 aliphatic carbocycles. The standard InChI is InChI=1S/C13H12O6/c1-13-5-9(15)18-11(13)7-3-6(17-2)4-8(14)10(7)12(16)19-13/h3-4,11,14H,5H2,1-2H3/t11-,13-/m1/s1. The first-order valence-electron chi connectivity index (χ1n) is 5.78. The Morgan fingerprint density at radius 2 is 2.16 bits per heavy atom. The summed E-state index contributed by atoms with van der Waals surface area (Å²) in [6, 6.07) is 2.90. The van der Waals surface area contributed by atoms with Gasteiger partial charge in [-0.1, -0.05) is 0 Å². The molecule has 1 fully saturated rings. The van der Waals surface area contributed by atoms with E-state index in [1.165, 1.54) is 13.2 Å². The predicted molar refractivity (Wildman–Crippen MR) is 61.9 cm³/mol. The van der Waals surface area contributed by atoms with Crippen LogP contribution >= 0.6 is 0 Å². The monoisotopic (exact) mass is 264 g/mol. The van der Waals surface area contributed by atoms with Gasteiger partial charge in [0.05, 0.1) is 13.5 Å². The van der Waals surface area contributed by atoms with Gasteiger partial charge in [-0.3, -0.25) is 4.79 Å². The first kappa shape index (κ1) is 11.8. The number of phenols is 1. The molecule has 0 amide bonds. The van der Waals surface area contributed by atoms with E-state index in [1.54, 1.807) is 13.0 Å². The SMILES string of the molecule is COc1cc(O)c2c(c1)[C@H]1OC(=O)C[C@@]1(C)OC2=O. The fraction of sp³-hybridized carbons (Fsp3) is 0.385. The molecule has 2 aliphatic heterocycles. The lowest BCUT2D eigenvalue weighted by Gasteiger charge is -2.34. The number of benzene rings is 1. The number of ether oxygens (including phenoxy) is 3. The van der Waals surface area contributed by atoms with Crippen molar-refractivity contribution in [2.45, 2.75) is 25.0 Å². The summed E-state index contributed by atoms with van der Waals surface area (Å²) in [5.74, 6) is -0.955. The van der Waals surface area contributed by atoms with E-state index in [4.69, 9.17) is 14.2 Å². The predicted octanol–water partition coefficient (Wildman–Crippen LogP) is 1.32. The van der Waals surface area contributed by atoms with Gasteiger partial charge < -0.3 is 19.3 Å². The van der Waals surface area contributed by atoms with Crippen molar-refractivity contribution in [3.8, 4) is 11.5 Å². The van der Waals surface area contributed by atoms with E-state index in [-0.39, 0.29) is 17.7 Å². The molecule has 0 aromatic heterocycles. The third-order valence-electron chi connectivity index (χ3n) is 3.47. The molecular weight excluding hydrogens is 252 g/mol. The van der Waals surface area contributed by atoms with Gasteiger partial charge >= 0.3 is 11.9 Å². The highest BCUT2D eigenvalue weighted by Gasteiger charge is 2.54. The molecule has 3 rings (SSSR count). The number of esters is 2. The lowest BCUT2D eigenvalue weighted by Crippen LogP contribution is -2.39. The first-order chi connectivity index (χ1) is 8.94. The zero-order valence-electron chi connectivity index (χ0n) is 10.4. The molecule has 6 nitrogen and oxygen atoms in total. The molecule has 1 aromatic carbocycles. The number of aromatic hydroxyl groups is 1. The lowest BCUT2D eigenvalue weighted by atomic mass is 9.86. The van der Waals surface area contributed by atoms with Crippen molar-refractivity contribution in [1.29, 1.82) is 0 Å². The van der Waals surface area contributed by atoms with Crippen molar-refractivity contribution in [2.75, 3.05) is 7.11 Å². The van der Waals surface area contributed by atoms with Crippen LogP contribution in [-0.2, 0) is 14.3 Å². The Morgan fingerprint density at radius 3 is 2.84 bits per heavy atom. The molecule has 2 atom stereocenters. The lowest BCUT2D eigenvalue weighted by molar-refractivity contribution is -0.143. The van der Waals surface area contributed by atoms with Crippen LogP contribution in [0.15, 0.2) is 12.1 Å². The average molecular weight is 264 g/mol. The van der Waals surface area contributed by atoms with Crippen molar-refractivity contribution < 1.29 is 28.9 Å². The number of phenolic OH excluding ortho intramolecular Hbond substituents is 1. The van der Waals surface area contributed by atoms with Gasteiger partial charge in [-0.25, -0.2) is 4.79 Å². The van der Waals surface area contributed by atoms with Gasteiger partial charge in [0.2, 0.25) is 0 Å². The molecule has 1 aromatic rings. The second-order valence-electron chi connectivity index (χ2n) is 4.86. The number of carbonyl (C=O) groups is 2. The normalized spacial score (nSPS) is 28.2. The van der Waals surface area contributed by atoms with Crippen LogP contribution in [0.1, 0.15) is 35.4 Å². The zero-order valence-corrected chi connectivity index (χ0v) is 10.4. The number of carbonyl (C=O) groups excluding carboxylic acids is 2. The fourth-order valence-corrected chi connectivity index (χ4v) is 2.59. The van der Waals surface area contributed by atoms with Gasteiger partial charge in [-0.2, -0.15) is 0 Å². The van der Waals surface area contributed by atoms with Crippen LogP contribution in [-0.4, -0.2) is 29.8 Å². The number of fused-ring (bicyclic) bond motifs is 3. The van der Waals surface area contributed by atoms with Crippen LogP contribution in [0.4, 0.5) is 0 Å². The third kappa shape index (κ3) is 1.56. The van der Waals surface area contributed by atoms with E-state index >= 15 is 0 Å². The summed E-state index contributed by atoms with van der Waals surface area (Å²) < 4.78 is 15.5. The van der Waals surface area contributed by atoms with Crippen LogP contribution < -0.4 is 4.74 Å². The van der Waals surface area contributed by atoms with E-state index in [2.05, 4.69) is 0 Å². The summed E-state index contributed by atoms with van der Waals surface area (Å²) in [6.07, 6.45) is -0.713. The minimum Gasteiger partial charge on any atom is -0.507 e. The molecule has 19 heavy (non-hydrogen) atoms. The highest BCUT2D eigenvalue weighted by Crippen LogP contribution is 2.49. The van der Waals surface area contributed by atoms with E-state index in [0.717, 1.165) is 0 Å². The Kier molecular flexibility index (Phi) is 2.26. The zero-order chi connectivity index (χ0) is 13.8. The molecule has 0 bridgehead atoms. The molecular formula is C13H12O6. The van der Waals surface area contributed by atoms with E-state index in [1.807, 2.05) is 0 Å². The molecule has 2 aliphatic rings. The molecule has 6 heteroatoms. The van der Waals surface area contributed by atoms with Gasteiger partial charge in [0.25, 0.3) is 0 Å². The number of methoxy groups -OCH3 is 1. The maximum Gasteiger partial charge on any atom is 0.343 e. The van der Waals surface area contributed by atoms with Crippen LogP contribution in [0.5, 0.6) is 11.5 Å². The minimum absolute atomic E-state index is 0.000812. The molecule has 1 saturated heterocycles. The third-order valence-corrected chi connectivity index (χ3v) is 3.47. The number of hydrogen-bond acceptors (Lipinski definition) is 6. The van der Waals surface area contributed by atoms with Crippen molar-refractivity contribution in [2.24, 2.45) is 0 Å². The summed E-state index contributed by atoms with van der Waals surface area (Å²) in [7, 11) is 1.45. The molecule has 100 valence electrons. The van der Waals surface area contributed by atoms with E-state index < -0.39 is 23.6 Å². The number of hydrogen-bond donors (Lipinski definition) is 1. The fourth-order valence-electron chi connectivity index (χ4n) is 2.59. The van der Waals surface area contributed by atoms with Crippen LogP contribution in [0, 0.1) is 0 Å². The topological polar surface area (TPSA) is 82.1 Å². The van der Waals surface area contributed by atoms with Crippen molar-refractivity contribution in [1.82, 2.24) is 0 Å². The summed E-state index contributed by atoms with van der Waals surface area (Å²) in [4.78, 5) is 23.4. The maximum atomic E-state index is 12.0. The van der Waals surface area contributed by atoms with Gasteiger partial charge in [-0.05, 0) is 13.0 Å². The smallest absolute Gasteiger partial charge is 0.343 e. The van der Waals surface area contributed by atoms with Gasteiger partial charge in [-0.15, -0.1) is 0 Å². The Labute approximate surface area is 108 Å². The Morgan fingerprint density at radius 1 is 1.42 bits per heavy atom. The first-order valence-corrected chi connectivity index (χ1v) is 5.78. The van der Waals surface area contributed by atoms with Crippen LogP contribution in [0.25, 0.3) is 0 Å². The molecule has 0 spiro atoms. The Balaban J connectivity index is 2.22. The van der Waals surface area contributed by atoms with Crippen molar-refractivity contribution >= 4 is 11.9 Å². The van der Waals surface area contributed by atoms with Crippen LogP contribution in [0.2, 0.25) is 0 Å². The molecule has 2 heterocycles. The quantitative estimate of drug-likeness (QED) is 0.770. The Bertz CT molecular complexity index is 593. The second kappa shape index (κ2) is 3.63. The van der Waals surface area contributed by atoms with Gasteiger partial charge in [0.15, 0.2) is 11.7 Å². The Hall–Kier alpha value is -2.24. The van der Waals surface area contributed by atoms with Crippen LogP contribution in [0.3, 0.4) is 0 Å². The van der Waals surface area contributed by atoms with Gasteiger partial charge in [0.1, 0.15) is 17.1 Å². The summed E-state index contributed by atoms with van der Waals surface area (Å²) in [5, 5.41) is 9.89. The average Bonchev–Trinajstić information content (AvgIpc) is 2.62. The van der Waals surface area contributed by atoms with Crippen molar-refractivity contribution in [3.63, 3.8) is 0 Å². The minimum atomic E-state index is -1.03. The summed E-state index contributed by atoms with van der Waals surface area (Å²) in [5.41, 5.74) is -0.584. The molecule has 0 unspecified atom stereocenters. The highest BCUT2D eigenvalue weighted by atomic mass is 16.6. The molecule has 1 N–H and O–H groups in total. The summed E-state index contributed by atoms with van der Waals surface area (Å²) >= 11 is 0. The summed E-state index contributed by atoms with van der Waals surface area (Å²) in [6.45, 7) is 1.64. The second-order valence-corrected chi connectivity index (χ2v) is 4.86. The van der Waals surface area contributed by atoms with Gasteiger partial charge in [0, 0.05) is 11.6 Å². The molecule has 0 saturated carbocycles. The largest absolute Gasteiger partial charge is 0.507 e. The van der Waals surface area contributed by atoms with E-state index in [9.17, 15) is 14.7 Å². The number of rotatable bonds is 1. The van der Waals surface area contributed by atoms with Crippen molar-refractivity contribution in [3.05, 3.63) is 23.3 Å². The maximum absolute atomic E-state index is 12.0.